The van der Waals surface area contributed by atoms with Crippen molar-refractivity contribution in [1.82, 2.24) is 9.97 Å². The normalized spacial score (nSPS) is 19.8. The van der Waals surface area contributed by atoms with Crippen LogP contribution in [0, 0.1) is 5.92 Å². The van der Waals surface area contributed by atoms with Crippen LogP contribution in [0.15, 0.2) is 12.4 Å². The van der Waals surface area contributed by atoms with E-state index in [0.717, 1.165) is 0 Å². The molecule has 86 valence electrons. The zero-order valence-electron chi connectivity index (χ0n) is 8.96. The number of anilines is 1. The van der Waals surface area contributed by atoms with Crippen molar-refractivity contribution in [3.63, 3.8) is 0 Å². The van der Waals surface area contributed by atoms with Crippen LogP contribution in [0.5, 0.6) is 5.88 Å². The Morgan fingerprint density at radius 1 is 1.62 bits per heavy atom. The first-order valence-electron chi connectivity index (χ1n) is 5.04. The Balaban J connectivity index is 2.11. The predicted octanol–water partition coefficient (Wildman–Crippen LogP) is 0.396. The van der Waals surface area contributed by atoms with E-state index in [1.54, 1.807) is 6.20 Å². The summed E-state index contributed by atoms with van der Waals surface area (Å²) in [5.74, 6) is 0.0470. The smallest absolute Gasteiger partial charge is 0.308 e. The molecule has 1 fully saturated rings. The molecule has 0 bridgehead atoms. The van der Waals surface area contributed by atoms with Gasteiger partial charge in [-0.2, -0.15) is 4.98 Å². The first kappa shape index (κ1) is 10.7. The van der Waals surface area contributed by atoms with Crippen LogP contribution in [0.2, 0.25) is 0 Å². The van der Waals surface area contributed by atoms with E-state index in [4.69, 9.17) is 9.84 Å². The number of ether oxygens (including phenoxy) is 1. The highest BCUT2D eigenvalue weighted by Crippen LogP contribution is 2.22. The quantitative estimate of drug-likeness (QED) is 0.799. The molecule has 0 aromatic carbocycles. The molecule has 1 aromatic rings. The summed E-state index contributed by atoms with van der Waals surface area (Å²) in [6.45, 7) is 1.18. The van der Waals surface area contributed by atoms with E-state index >= 15 is 0 Å². The second kappa shape index (κ2) is 4.34. The second-order valence-electron chi connectivity index (χ2n) is 3.69. The van der Waals surface area contributed by atoms with Gasteiger partial charge in [0.05, 0.1) is 25.4 Å². The number of hydrogen-bond donors (Lipinski definition) is 1. The Labute approximate surface area is 92.9 Å². The molecule has 0 spiro atoms. The molecule has 0 amide bonds. The fourth-order valence-corrected chi connectivity index (χ4v) is 1.76. The highest BCUT2D eigenvalue weighted by Gasteiger charge is 2.28. The lowest BCUT2D eigenvalue weighted by molar-refractivity contribution is -0.140. The van der Waals surface area contributed by atoms with Crippen LogP contribution in [0.1, 0.15) is 6.42 Å². The number of aliphatic carboxylic acids is 1. The third-order valence-electron chi connectivity index (χ3n) is 2.67. The number of hydrogen-bond acceptors (Lipinski definition) is 5. The summed E-state index contributed by atoms with van der Waals surface area (Å²) in [6.07, 6.45) is 3.79. The summed E-state index contributed by atoms with van der Waals surface area (Å²) in [4.78, 5) is 20.9. The van der Waals surface area contributed by atoms with Gasteiger partial charge in [0.25, 0.3) is 0 Å². The molecule has 6 heteroatoms. The Morgan fingerprint density at radius 3 is 3.06 bits per heavy atom. The average Bonchev–Trinajstić information content (AvgIpc) is 2.78. The summed E-state index contributed by atoms with van der Waals surface area (Å²) in [7, 11) is 1.53. The van der Waals surface area contributed by atoms with E-state index in [2.05, 4.69) is 9.97 Å². The van der Waals surface area contributed by atoms with E-state index in [9.17, 15) is 4.79 Å². The number of aromatic nitrogens is 2. The molecule has 1 aliphatic rings. The molecule has 0 saturated carbocycles. The van der Waals surface area contributed by atoms with Crippen LogP contribution in [0.25, 0.3) is 0 Å². The van der Waals surface area contributed by atoms with Gasteiger partial charge >= 0.3 is 5.97 Å². The maximum absolute atomic E-state index is 10.8. The van der Waals surface area contributed by atoms with Gasteiger partial charge in [0.1, 0.15) is 0 Å². The third-order valence-corrected chi connectivity index (χ3v) is 2.67. The van der Waals surface area contributed by atoms with E-state index < -0.39 is 5.97 Å². The van der Waals surface area contributed by atoms with Gasteiger partial charge in [0, 0.05) is 13.1 Å². The second-order valence-corrected chi connectivity index (χ2v) is 3.69. The average molecular weight is 223 g/mol. The molecule has 1 atom stereocenters. The Bertz CT molecular complexity index is 397. The summed E-state index contributed by atoms with van der Waals surface area (Å²) in [5.41, 5.74) is 0. The van der Waals surface area contributed by atoms with Crippen molar-refractivity contribution in [2.75, 3.05) is 25.1 Å². The van der Waals surface area contributed by atoms with Crippen molar-refractivity contribution >= 4 is 11.8 Å². The zero-order valence-corrected chi connectivity index (χ0v) is 8.96. The number of carbonyl (C=O) groups is 1. The topological polar surface area (TPSA) is 75.5 Å². The Hall–Kier alpha value is -1.85. The fraction of sp³-hybridized carbons (Fsp3) is 0.500. The lowest BCUT2D eigenvalue weighted by Gasteiger charge is -2.16. The van der Waals surface area contributed by atoms with Gasteiger partial charge in [-0.3, -0.25) is 9.78 Å². The van der Waals surface area contributed by atoms with Crippen LogP contribution in [0.4, 0.5) is 5.82 Å². The van der Waals surface area contributed by atoms with Crippen LogP contribution in [-0.2, 0) is 4.79 Å². The standard InChI is InChI=1S/C10H13N3O3/c1-16-9-5-11-4-8(12-9)13-3-2-7(6-13)10(14)15/h4-5,7H,2-3,6H2,1H3,(H,14,15). The number of methoxy groups -OCH3 is 1. The van der Waals surface area contributed by atoms with Crippen molar-refractivity contribution in [3.8, 4) is 5.88 Å². The molecule has 1 aromatic heterocycles. The first-order valence-corrected chi connectivity index (χ1v) is 5.04. The maximum atomic E-state index is 10.8. The van der Waals surface area contributed by atoms with Crippen molar-refractivity contribution in [3.05, 3.63) is 12.4 Å². The SMILES string of the molecule is COc1cncc(N2CCC(C(=O)O)C2)n1. The molecular formula is C10H13N3O3. The molecule has 1 aliphatic heterocycles. The molecule has 0 aliphatic carbocycles. The van der Waals surface area contributed by atoms with Crippen LogP contribution in [-0.4, -0.2) is 41.2 Å². The van der Waals surface area contributed by atoms with Crippen molar-refractivity contribution in [2.24, 2.45) is 5.92 Å². The monoisotopic (exact) mass is 223 g/mol. The van der Waals surface area contributed by atoms with E-state index in [0.29, 0.717) is 31.2 Å². The largest absolute Gasteiger partial charge is 0.481 e. The Morgan fingerprint density at radius 2 is 2.44 bits per heavy atom. The molecule has 16 heavy (non-hydrogen) atoms. The minimum absolute atomic E-state index is 0.312. The molecule has 6 nitrogen and oxygen atoms in total. The molecule has 1 unspecified atom stereocenters. The van der Waals surface area contributed by atoms with Crippen molar-refractivity contribution in [1.29, 1.82) is 0 Å². The van der Waals surface area contributed by atoms with Gasteiger partial charge in [-0.25, -0.2) is 0 Å². The van der Waals surface area contributed by atoms with Crippen LogP contribution in [0.3, 0.4) is 0 Å². The molecule has 2 rings (SSSR count). The number of carboxylic acids is 1. The van der Waals surface area contributed by atoms with Crippen LogP contribution >= 0.6 is 0 Å². The molecule has 1 saturated heterocycles. The highest BCUT2D eigenvalue weighted by atomic mass is 16.5. The van der Waals surface area contributed by atoms with Gasteiger partial charge < -0.3 is 14.7 Å². The lowest BCUT2D eigenvalue weighted by Crippen LogP contribution is -2.23. The van der Waals surface area contributed by atoms with Crippen molar-refractivity contribution in [2.45, 2.75) is 6.42 Å². The van der Waals surface area contributed by atoms with Crippen LogP contribution < -0.4 is 9.64 Å². The lowest BCUT2D eigenvalue weighted by atomic mass is 10.1. The minimum Gasteiger partial charge on any atom is -0.481 e. The third kappa shape index (κ3) is 2.05. The van der Waals surface area contributed by atoms with Gasteiger partial charge in [0.15, 0.2) is 5.82 Å². The number of rotatable bonds is 3. The molecular weight excluding hydrogens is 210 g/mol. The summed E-state index contributed by atoms with van der Waals surface area (Å²) in [5, 5.41) is 8.89. The minimum atomic E-state index is -0.752. The zero-order chi connectivity index (χ0) is 11.5. The summed E-state index contributed by atoms with van der Waals surface area (Å²) in [6, 6.07) is 0. The van der Waals surface area contributed by atoms with Gasteiger partial charge in [-0.1, -0.05) is 0 Å². The molecule has 0 radical (unpaired) electrons. The van der Waals surface area contributed by atoms with E-state index in [1.165, 1.54) is 13.3 Å². The predicted molar refractivity (Wildman–Crippen MR) is 56.5 cm³/mol. The van der Waals surface area contributed by atoms with Gasteiger partial charge in [-0.05, 0) is 6.42 Å². The molecule has 2 heterocycles. The summed E-state index contributed by atoms with van der Waals surface area (Å²) < 4.78 is 4.97. The van der Waals surface area contributed by atoms with Crippen molar-refractivity contribution < 1.29 is 14.6 Å². The number of nitrogens with zero attached hydrogens (tertiary/aromatic N) is 3. The number of carboxylic acid groups (broad SMARTS) is 1. The van der Waals surface area contributed by atoms with Gasteiger partial charge in [-0.15, -0.1) is 0 Å². The van der Waals surface area contributed by atoms with E-state index in [-0.39, 0.29) is 5.92 Å². The maximum Gasteiger partial charge on any atom is 0.308 e. The first-order chi connectivity index (χ1) is 7.70. The fourth-order valence-electron chi connectivity index (χ4n) is 1.76. The molecule has 1 N–H and O–H groups in total. The Kier molecular flexibility index (Phi) is 2.89. The van der Waals surface area contributed by atoms with E-state index in [1.807, 2.05) is 4.90 Å². The highest BCUT2D eigenvalue weighted by molar-refractivity contribution is 5.71. The van der Waals surface area contributed by atoms with Gasteiger partial charge in [0.2, 0.25) is 5.88 Å². The summed E-state index contributed by atoms with van der Waals surface area (Å²) >= 11 is 0.